The fraction of sp³-hybridized carbons (Fsp3) is 0.950. The lowest BCUT2D eigenvalue weighted by atomic mass is 9.49. The highest BCUT2D eigenvalue weighted by molar-refractivity contribution is 5.83. The molecule has 0 aromatic heterocycles. The maximum Gasteiger partial charge on any atom is 0.339 e. The summed E-state index contributed by atoms with van der Waals surface area (Å²) in [7, 11) is 0. The average molecular weight is 318 g/mol. The van der Waals surface area contributed by atoms with E-state index in [2.05, 4.69) is 13.8 Å². The lowest BCUT2D eigenvalue weighted by Gasteiger charge is -2.59. The zero-order valence-corrected chi connectivity index (χ0v) is 14.6. The van der Waals surface area contributed by atoms with Gasteiger partial charge in [-0.05, 0) is 81.5 Å². The second-order valence-electron chi connectivity index (χ2n) is 9.31. The van der Waals surface area contributed by atoms with Crippen molar-refractivity contribution in [2.75, 3.05) is 0 Å². The Morgan fingerprint density at radius 2 is 1.57 bits per heavy atom. The van der Waals surface area contributed by atoms with Gasteiger partial charge in [-0.2, -0.15) is 0 Å². The Hall–Kier alpha value is -0.570. The van der Waals surface area contributed by atoms with E-state index in [1.165, 1.54) is 32.1 Å². The van der Waals surface area contributed by atoms with Gasteiger partial charge in [-0.15, -0.1) is 0 Å². The molecule has 6 rings (SSSR count). The topological polar surface area (TPSA) is 35.5 Å². The van der Waals surface area contributed by atoms with Crippen LogP contribution in [0.15, 0.2) is 0 Å². The van der Waals surface area contributed by atoms with Crippen molar-refractivity contribution in [2.45, 2.75) is 94.9 Å². The normalized spacial score (nSPS) is 52.7. The lowest BCUT2D eigenvalue weighted by Crippen LogP contribution is -2.58. The van der Waals surface area contributed by atoms with E-state index in [4.69, 9.17) is 9.47 Å². The number of hydrogen-bond donors (Lipinski definition) is 0. The summed E-state index contributed by atoms with van der Waals surface area (Å²) in [5, 5.41) is 0. The number of ether oxygens (including phenoxy) is 2. The Morgan fingerprint density at radius 3 is 2.09 bits per heavy atom. The molecule has 2 heterocycles. The van der Waals surface area contributed by atoms with E-state index in [1.807, 2.05) is 0 Å². The fourth-order valence-corrected chi connectivity index (χ4v) is 7.25. The third-order valence-electron chi connectivity index (χ3n) is 8.40. The number of carbonyl (C=O) groups is 1. The van der Waals surface area contributed by atoms with Crippen molar-refractivity contribution in [3.63, 3.8) is 0 Å². The highest BCUT2D eigenvalue weighted by Gasteiger charge is 2.68. The van der Waals surface area contributed by atoms with Crippen LogP contribution in [-0.4, -0.2) is 22.8 Å². The van der Waals surface area contributed by atoms with Gasteiger partial charge in [0.2, 0.25) is 0 Å². The average Bonchev–Trinajstić information content (AvgIpc) is 3.06. The van der Waals surface area contributed by atoms with Crippen LogP contribution < -0.4 is 0 Å². The van der Waals surface area contributed by atoms with E-state index < -0.39 is 5.60 Å². The molecule has 3 nitrogen and oxygen atoms in total. The molecule has 3 heteroatoms. The SMILES string of the molecule is CCC1(CC)CC2(CCC3(O2)C2CC4CC(C2)CC3C4)C(=O)O1. The summed E-state index contributed by atoms with van der Waals surface area (Å²) in [5.74, 6) is 3.27. The first-order valence-corrected chi connectivity index (χ1v) is 9.97. The third-order valence-corrected chi connectivity index (χ3v) is 8.40. The third kappa shape index (κ3) is 1.78. The maximum atomic E-state index is 12.8. The van der Waals surface area contributed by atoms with E-state index in [1.54, 1.807) is 0 Å². The zero-order chi connectivity index (χ0) is 15.9. The van der Waals surface area contributed by atoms with E-state index in [9.17, 15) is 4.79 Å². The molecule has 128 valence electrons. The van der Waals surface area contributed by atoms with E-state index >= 15 is 0 Å². The lowest BCUT2D eigenvalue weighted by molar-refractivity contribution is -0.220. The first-order valence-electron chi connectivity index (χ1n) is 9.97. The fourth-order valence-electron chi connectivity index (χ4n) is 7.25. The number of esters is 1. The van der Waals surface area contributed by atoms with Gasteiger partial charge in [0.25, 0.3) is 0 Å². The Labute approximate surface area is 139 Å². The van der Waals surface area contributed by atoms with Crippen LogP contribution in [0.4, 0.5) is 0 Å². The van der Waals surface area contributed by atoms with Crippen molar-refractivity contribution in [3.05, 3.63) is 0 Å². The van der Waals surface area contributed by atoms with Gasteiger partial charge >= 0.3 is 5.97 Å². The van der Waals surface area contributed by atoms with Gasteiger partial charge in [0.05, 0.1) is 5.60 Å². The second kappa shape index (κ2) is 4.53. The van der Waals surface area contributed by atoms with Crippen LogP contribution in [-0.2, 0) is 14.3 Å². The monoisotopic (exact) mass is 318 g/mol. The Morgan fingerprint density at radius 1 is 0.957 bits per heavy atom. The Balaban J connectivity index is 1.46. The van der Waals surface area contributed by atoms with Crippen LogP contribution in [0.1, 0.15) is 78.1 Å². The zero-order valence-electron chi connectivity index (χ0n) is 14.6. The molecular formula is C20H30O3. The largest absolute Gasteiger partial charge is 0.457 e. The summed E-state index contributed by atoms with van der Waals surface area (Å²) in [5.41, 5.74) is -0.861. The smallest absolute Gasteiger partial charge is 0.339 e. The Kier molecular flexibility index (Phi) is 2.91. The van der Waals surface area contributed by atoms with Crippen molar-refractivity contribution < 1.29 is 14.3 Å². The second-order valence-corrected chi connectivity index (χ2v) is 9.31. The van der Waals surface area contributed by atoms with Crippen molar-refractivity contribution in [3.8, 4) is 0 Å². The minimum Gasteiger partial charge on any atom is -0.457 e. The van der Waals surface area contributed by atoms with Crippen LogP contribution in [0.25, 0.3) is 0 Å². The molecule has 0 aromatic carbocycles. The first-order chi connectivity index (χ1) is 11.0. The molecule has 2 saturated heterocycles. The van der Waals surface area contributed by atoms with E-state index in [0.717, 1.165) is 43.9 Å². The molecule has 2 spiro atoms. The number of rotatable bonds is 2. The minimum absolute atomic E-state index is 0.0179. The van der Waals surface area contributed by atoms with Gasteiger partial charge in [-0.1, -0.05) is 13.8 Å². The molecule has 6 aliphatic rings. The van der Waals surface area contributed by atoms with Crippen molar-refractivity contribution in [2.24, 2.45) is 23.7 Å². The number of carbonyl (C=O) groups excluding carboxylic acids is 1. The molecule has 0 aromatic rings. The summed E-state index contributed by atoms with van der Waals surface area (Å²) < 4.78 is 12.8. The van der Waals surface area contributed by atoms with Crippen LogP contribution >= 0.6 is 0 Å². The molecule has 1 atom stereocenters. The predicted molar refractivity (Wildman–Crippen MR) is 86.8 cm³/mol. The summed E-state index contributed by atoms with van der Waals surface area (Å²) in [6.07, 6.45) is 11.5. The van der Waals surface area contributed by atoms with Crippen LogP contribution in [0.2, 0.25) is 0 Å². The van der Waals surface area contributed by atoms with Crippen LogP contribution in [0.5, 0.6) is 0 Å². The highest BCUT2D eigenvalue weighted by atomic mass is 16.6. The molecule has 6 fully saturated rings. The van der Waals surface area contributed by atoms with Crippen molar-refractivity contribution in [1.82, 2.24) is 0 Å². The molecule has 0 radical (unpaired) electrons. The summed E-state index contributed by atoms with van der Waals surface area (Å²) in [6, 6.07) is 0. The van der Waals surface area contributed by atoms with E-state index in [-0.39, 0.29) is 17.2 Å². The number of cyclic esters (lactones) is 1. The summed E-state index contributed by atoms with van der Waals surface area (Å²) in [4.78, 5) is 12.8. The van der Waals surface area contributed by atoms with Crippen LogP contribution in [0.3, 0.4) is 0 Å². The molecule has 0 N–H and O–H groups in total. The quantitative estimate of drug-likeness (QED) is 0.715. The van der Waals surface area contributed by atoms with Crippen molar-refractivity contribution in [1.29, 1.82) is 0 Å². The van der Waals surface area contributed by atoms with Crippen molar-refractivity contribution >= 4 is 5.97 Å². The molecule has 4 aliphatic carbocycles. The molecule has 23 heavy (non-hydrogen) atoms. The Bertz CT molecular complexity index is 507. The van der Waals surface area contributed by atoms with Gasteiger partial charge in [0.15, 0.2) is 5.60 Å². The van der Waals surface area contributed by atoms with Gasteiger partial charge in [0, 0.05) is 6.42 Å². The first kappa shape index (κ1) is 14.7. The molecule has 0 amide bonds. The van der Waals surface area contributed by atoms with Gasteiger partial charge in [-0.3, -0.25) is 0 Å². The number of hydrogen-bond acceptors (Lipinski definition) is 3. The van der Waals surface area contributed by atoms with Crippen LogP contribution in [0, 0.1) is 23.7 Å². The van der Waals surface area contributed by atoms with Gasteiger partial charge in [-0.25, -0.2) is 4.79 Å². The highest BCUT2D eigenvalue weighted by Crippen LogP contribution is 2.65. The molecular weight excluding hydrogens is 288 g/mol. The van der Waals surface area contributed by atoms with Gasteiger partial charge < -0.3 is 9.47 Å². The predicted octanol–water partition coefficient (Wildman–Crippen LogP) is 4.24. The van der Waals surface area contributed by atoms with E-state index in [0.29, 0.717) is 11.8 Å². The maximum absolute atomic E-state index is 12.8. The molecule has 4 bridgehead atoms. The molecule has 4 saturated carbocycles. The molecule has 2 aliphatic heterocycles. The standard InChI is InChI=1S/C20H30O3/c1-3-18(4-2)12-19(17(21)22-18)5-6-20(23-19)15-8-13-7-14(10-15)11-16(20)9-13/h13-16H,3-12H2,1-2H3. The molecule has 1 unspecified atom stereocenters. The minimum atomic E-state index is -0.610. The summed E-state index contributed by atoms with van der Waals surface area (Å²) >= 11 is 0. The summed E-state index contributed by atoms with van der Waals surface area (Å²) in [6.45, 7) is 4.28. The van der Waals surface area contributed by atoms with Gasteiger partial charge in [0.1, 0.15) is 5.60 Å².